The Labute approximate surface area is 91.5 Å². The summed E-state index contributed by atoms with van der Waals surface area (Å²) >= 11 is 0. The van der Waals surface area contributed by atoms with Gasteiger partial charge in [-0.25, -0.2) is 0 Å². The highest BCUT2D eigenvalue weighted by molar-refractivity contribution is 5.19. The Morgan fingerprint density at radius 1 is 1.47 bits per heavy atom. The fourth-order valence-electron chi connectivity index (χ4n) is 1.72. The van der Waals surface area contributed by atoms with Crippen LogP contribution in [0.2, 0.25) is 0 Å². The van der Waals surface area contributed by atoms with Crippen molar-refractivity contribution in [3.63, 3.8) is 0 Å². The van der Waals surface area contributed by atoms with Crippen molar-refractivity contribution in [2.45, 2.75) is 46.2 Å². The van der Waals surface area contributed by atoms with Crippen LogP contribution < -0.4 is 5.32 Å². The van der Waals surface area contributed by atoms with Crippen LogP contribution in [0, 0.1) is 13.8 Å². The zero-order chi connectivity index (χ0) is 11.3. The van der Waals surface area contributed by atoms with Crippen molar-refractivity contribution in [1.82, 2.24) is 5.32 Å². The number of furan rings is 1. The summed E-state index contributed by atoms with van der Waals surface area (Å²) in [6.07, 6.45) is 1.85. The van der Waals surface area contributed by atoms with Gasteiger partial charge in [0.05, 0.1) is 0 Å². The van der Waals surface area contributed by atoms with Crippen LogP contribution in [0.1, 0.15) is 36.8 Å². The molecule has 1 atom stereocenters. The largest absolute Gasteiger partial charge is 0.466 e. The first-order valence-electron chi connectivity index (χ1n) is 5.57. The van der Waals surface area contributed by atoms with E-state index < -0.39 is 0 Å². The van der Waals surface area contributed by atoms with Crippen molar-refractivity contribution in [1.29, 1.82) is 0 Å². The molecule has 15 heavy (non-hydrogen) atoms. The van der Waals surface area contributed by atoms with E-state index in [0.717, 1.165) is 30.9 Å². The van der Waals surface area contributed by atoms with Crippen molar-refractivity contribution < 1.29 is 9.52 Å². The Hall–Kier alpha value is -0.800. The van der Waals surface area contributed by atoms with Gasteiger partial charge in [0, 0.05) is 24.8 Å². The molecule has 1 aromatic heterocycles. The van der Waals surface area contributed by atoms with Gasteiger partial charge in [0.15, 0.2) is 0 Å². The summed E-state index contributed by atoms with van der Waals surface area (Å²) in [7, 11) is 0. The van der Waals surface area contributed by atoms with Gasteiger partial charge < -0.3 is 14.8 Å². The molecule has 86 valence electrons. The summed E-state index contributed by atoms with van der Waals surface area (Å²) in [5.74, 6) is 1.94. The minimum atomic E-state index is 0.245. The fourth-order valence-corrected chi connectivity index (χ4v) is 1.72. The third-order valence-electron chi connectivity index (χ3n) is 2.70. The summed E-state index contributed by atoms with van der Waals surface area (Å²) in [6.45, 7) is 7.13. The second-order valence-electron chi connectivity index (χ2n) is 3.94. The number of aliphatic hydroxyl groups is 1. The quantitative estimate of drug-likeness (QED) is 0.758. The minimum absolute atomic E-state index is 0.245. The first kappa shape index (κ1) is 12.3. The smallest absolute Gasteiger partial charge is 0.105 e. The summed E-state index contributed by atoms with van der Waals surface area (Å²) in [6, 6.07) is 2.46. The third kappa shape index (κ3) is 3.68. The van der Waals surface area contributed by atoms with E-state index in [1.54, 1.807) is 0 Å². The lowest BCUT2D eigenvalue weighted by molar-refractivity contribution is 0.262. The molecule has 0 saturated heterocycles. The first-order chi connectivity index (χ1) is 7.17. The number of aliphatic hydroxyl groups excluding tert-OH is 1. The van der Waals surface area contributed by atoms with Crippen molar-refractivity contribution in [3.05, 3.63) is 23.2 Å². The maximum Gasteiger partial charge on any atom is 0.105 e. The molecule has 0 amide bonds. The predicted octanol–water partition coefficient (Wildman–Crippen LogP) is 2.15. The zero-order valence-electron chi connectivity index (χ0n) is 9.84. The molecule has 0 bridgehead atoms. The van der Waals surface area contributed by atoms with E-state index in [9.17, 15) is 0 Å². The van der Waals surface area contributed by atoms with Crippen LogP contribution in [0.25, 0.3) is 0 Å². The molecule has 0 fully saturated rings. The minimum Gasteiger partial charge on any atom is -0.466 e. The monoisotopic (exact) mass is 211 g/mol. The van der Waals surface area contributed by atoms with Crippen molar-refractivity contribution in [2.24, 2.45) is 0 Å². The van der Waals surface area contributed by atoms with Crippen LogP contribution >= 0.6 is 0 Å². The van der Waals surface area contributed by atoms with E-state index in [4.69, 9.17) is 9.52 Å². The maximum atomic E-state index is 8.87. The van der Waals surface area contributed by atoms with Crippen LogP contribution in [0.15, 0.2) is 10.5 Å². The van der Waals surface area contributed by atoms with E-state index in [-0.39, 0.29) is 6.61 Å². The van der Waals surface area contributed by atoms with E-state index in [0.29, 0.717) is 6.04 Å². The van der Waals surface area contributed by atoms with Crippen molar-refractivity contribution in [2.75, 3.05) is 6.61 Å². The van der Waals surface area contributed by atoms with Crippen LogP contribution in [-0.4, -0.2) is 17.8 Å². The van der Waals surface area contributed by atoms with Crippen LogP contribution in [0.3, 0.4) is 0 Å². The average Bonchev–Trinajstić information content (AvgIpc) is 2.52. The molecule has 0 saturated carbocycles. The molecule has 3 heteroatoms. The van der Waals surface area contributed by atoms with E-state index in [2.05, 4.69) is 18.3 Å². The molecular weight excluding hydrogens is 190 g/mol. The molecule has 1 unspecified atom stereocenters. The van der Waals surface area contributed by atoms with Gasteiger partial charge in [-0.3, -0.25) is 0 Å². The van der Waals surface area contributed by atoms with Gasteiger partial charge in [0.2, 0.25) is 0 Å². The summed E-state index contributed by atoms with van der Waals surface area (Å²) in [5, 5.41) is 12.3. The molecule has 3 nitrogen and oxygen atoms in total. The lowest BCUT2D eigenvalue weighted by Crippen LogP contribution is -2.28. The fraction of sp³-hybridized carbons (Fsp3) is 0.667. The standard InChI is InChI=1S/C12H21NO2/c1-4-12(5-6-14)13-8-11-7-9(2)15-10(11)3/h7,12-14H,4-6,8H2,1-3H3. The maximum absolute atomic E-state index is 8.87. The van der Waals surface area contributed by atoms with Crippen molar-refractivity contribution >= 4 is 0 Å². The highest BCUT2D eigenvalue weighted by Crippen LogP contribution is 2.13. The number of hydrogen-bond donors (Lipinski definition) is 2. The second-order valence-corrected chi connectivity index (χ2v) is 3.94. The summed E-state index contributed by atoms with van der Waals surface area (Å²) in [4.78, 5) is 0. The molecule has 0 aliphatic rings. The molecule has 1 heterocycles. The SMILES string of the molecule is CCC(CCO)NCc1cc(C)oc1C. The second kappa shape index (κ2) is 5.93. The lowest BCUT2D eigenvalue weighted by Gasteiger charge is -2.14. The van der Waals surface area contributed by atoms with Gasteiger partial charge in [-0.05, 0) is 32.8 Å². The molecule has 1 aromatic rings. The Morgan fingerprint density at radius 2 is 2.20 bits per heavy atom. The highest BCUT2D eigenvalue weighted by Gasteiger charge is 2.08. The van der Waals surface area contributed by atoms with Crippen LogP contribution in [0.4, 0.5) is 0 Å². The number of rotatable bonds is 6. The number of nitrogens with one attached hydrogen (secondary N) is 1. The third-order valence-corrected chi connectivity index (χ3v) is 2.70. The number of hydrogen-bond acceptors (Lipinski definition) is 3. The highest BCUT2D eigenvalue weighted by atomic mass is 16.3. The molecule has 0 aliphatic heterocycles. The van der Waals surface area contributed by atoms with Gasteiger partial charge in [0.25, 0.3) is 0 Å². The van der Waals surface area contributed by atoms with E-state index >= 15 is 0 Å². The van der Waals surface area contributed by atoms with Crippen LogP contribution in [-0.2, 0) is 6.54 Å². The van der Waals surface area contributed by atoms with E-state index in [1.807, 2.05) is 13.8 Å². The summed E-state index contributed by atoms with van der Waals surface area (Å²) < 4.78 is 5.45. The van der Waals surface area contributed by atoms with Gasteiger partial charge in [-0.2, -0.15) is 0 Å². The van der Waals surface area contributed by atoms with E-state index in [1.165, 1.54) is 5.56 Å². The van der Waals surface area contributed by atoms with Gasteiger partial charge in [0.1, 0.15) is 11.5 Å². The molecule has 0 aliphatic carbocycles. The van der Waals surface area contributed by atoms with Crippen LogP contribution in [0.5, 0.6) is 0 Å². The first-order valence-corrected chi connectivity index (χ1v) is 5.57. The normalized spacial score (nSPS) is 13.1. The Morgan fingerprint density at radius 3 is 2.67 bits per heavy atom. The Bertz CT molecular complexity index is 294. The molecule has 1 rings (SSSR count). The zero-order valence-corrected chi connectivity index (χ0v) is 9.84. The lowest BCUT2D eigenvalue weighted by atomic mass is 10.1. The Kier molecular flexibility index (Phi) is 4.85. The molecule has 0 radical (unpaired) electrons. The predicted molar refractivity (Wildman–Crippen MR) is 60.8 cm³/mol. The van der Waals surface area contributed by atoms with Gasteiger partial charge in [-0.1, -0.05) is 6.92 Å². The molecule has 2 N–H and O–H groups in total. The average molecular weight is 211 g/mol. The summed E-state index contributed by atoms with van der Waals surface area (Å²) in [5.41, 5.74) is 1.21. The van der Waals surface area contributed by atoms with Crippen molar-refractivity contribution in [3.8, 4) is 0 Å². The molecule has 0 aromatic carbocycles. The molecule has 0 spiro atoms. The molecular formula is C12H21NO2. The number of aryl methyl sites for hydroxylation is 2. The van der Waals surface area contributed by atoms with Gasteiger partial charge in [-0.15, -0.1) is 0 Å². The topological polar surface area (TPSA) is 45.4 Å². The Balaban J connectivity index is 2.44. The van der Waals surface area contributed by atoms with Gasteiger partial charge >= 0.3 is 0 Å².